The lowest BCUT2D eigenvalue weighted by Crippen LogP contribution is -2.43. The van der Waals surface area contributed by atoms with Crippen LogP contribution >= 0.6 is 11.3 Å². The third kappa shape index (κ3) is 3.41. The number of nitriles is 1. The lowest BCUT2D eigenvalue weighted by Gasteiger charge is -2.27. The summed E-state index contributed by atoms with van der Waals surface area (Å²) in [6.45, 7) is 4.01. The maximum Gasteiger partial charge on any atom is 0.271 e. The number of carbonyl (C=O) groups excluding carboxylic acids is 2. The third-order valence-corrected chi connectivity index (χ3v) is 5.10. The summed E-state index contributed by atoms with van der Waals surface area (Å²) < 4.78 is 0. The molecule has 0 atom stereocenters. The van der Waals surface area contributed by atoms with Crippen molar-refractivity contribution in [2.75, 3.05) is 25.5 Å². The molecule has 2 heterocycles. The van der Waals surface area contributed by atoms with Gasteiger partial charge in [0.25, 0.3) is 11.8 Å². The van der Waals surface area contributed by atoms with E-state index in [4.69, 9.17) is 0 Å². The monoisotopic (exact) mass is 343 g/mol. The van der Waals surface area contributed by atoms with Crippen LogP contribution < -0.4 is 4.90 Å². The maximum atomic E-state index is 12.7. The summed E-state index contributed by atoms with van der Waals surface area (Å²) in [7, 11) is 3.91. The number of thiophene rings is 1. The van der Waals surface area contributed by atoms with E-state index in [1.807, 2.05) is 44.1 Å². The molecule has 1 aromatic rings. The van der Waals surface area contributed by atoms with Gasteiger partial charge in [-0.15, -0.1) is 11.3 Å². The highest BCUT2D eigenvalue weighted by atomic mass is 32.1. The van der Waals surface area contributed by atoms with Crippen molar-refractivity contribution in [3.63, 3.8) is 0 Å². The van der Waals surface area contributed by atoms with Gasteiger partial charge in [-0.1, -0.05) is 13.3 Å². The van der Waals surface area contributed by atoms with Gasteiger partial charge < -0.3 is 4.90 Å². The second kappa shape index (κ2) is 7.45. The van der Waals surface area contributed by atoms with Crippen molar-refractivity contribution >= 4 is 34.2 Å². The first-order valence-corrected chi connectivity index (χ1v) is 8.68. The summed E-state index contributed by atoms with van der Waals surface area (Å²) in [4.78, 5) is 29.2. The van der Waals surface area contributed by atoms with Crippen LogP contribution in [0.3, 0.4) is 0 Å². The van der Waals surface area contributed by atoms with Crippen molar-refractivity contribution in [2.45, 2.75) is 26.7 Å². The molecule has 0 N–H and O–H groups in total. The average Bonchev–Trinajstić information content (AvgIpc) is 3.01. The van der Waals surface area contributed by atoms with Crippen molar-refractivity contribution in [1.82, 2.24) is 4.90 Å². The summed E-state index contributed by atoms with van der Waals surface area (Å²) in [5.41, 5.74) is 0.941. The Kier molecular flexibility index (Phi) is 5.58. The normalized spacial score (nSPS) is 16.8. The molecule has 0 aromatic carbocycles. The van der Waals surface area contributed by atoms with Crippen molar-refractivity contribution < 1.29 is 9.59 Å². The predicted molar refractivity (Wildman–Crippen MR) is 96.6 cm³/mol. The van der Waals surface area contributed by atoms with Crippen LogP contribution in [0.15, 0.2) is 28.9 Å². The van der Waals surface area contributed by atoms with Gasteiger partial charge in [0.1, 0.15) is 11.6 Å². The number of nitrogens with zero attached hydrogens (tertiary/aromatic N) is 3. The minimum Gasteiger partial charge on any atom is -0.370 e. The van der Waals surface area contributed by atoms with Crippen LogP contribution in [-0.2, 0) is 9.59 Å². The van der Waals surface area contributed by atoms with Crippen molar-refractivity contribution in [3.05, 3.63) is 33.7 Å². The predicted octanol–water partition coefficient (Wildman–Crippen LogP) is 3.21. The molecule has 5 nitrogen and oxygen atoms in total. The van der Waals surface area contributed by atoms with Gasteiger partial charge in [-0.25, -0.2) is 0 Å². The SMILES string of the molecule is CCCCN1C(=O)C(C#N)=C(C)/C(=C/c2ccc(N(C)C)s2)C1=O. The lowest BCUT2D eigenvalue weighted by atomic mass is 9.94. The van der Waals surface area contributed by atoms with E-state index in [1.165, 1.54) is 4.90 Å². The Balaban J connectivity index is 2.47. The number of imide groups is 1. The van der Waals surface area contributed by atoms with Crippen LogP contribution in [0.5, 0.6) is 0 Å². The highest BCUT2D eigenvalue weighted by Crippen LogP contribution is 2.31. The fourth-order valence-electron chi connectivity index (χ4n) is 2.45. The van der Waals surface area contributed by atoms with Crippen LogP contribution in [0.2, 0.25) is 0 Å². The van der Waals surface area contributed by atoms with E-state index >= 15 is 0 Å². The molecule has 0 unspecified atom stereocenters. The van der Waals surface area contributed by atoms with Gasteiger partial charge in [-0.2, -0.15) is 5.26 Å². The Hall–Kier alpha value is -2.39. The van der Waals surface area contributed by atoms with Crippen LogP contribution in [0, 0.1) is 11.3 Å². The van der Waals surface area contributed by atoms with E-state index in [9.17, 15) is 14.9 Å². The highest BCUT2D eigenvalue weighted by Gasteiger charge is 2.34. The molecule has 126 valence electrons. The van der Waals surface area contributed by atoms with E-state index in [0.717, 1.165) is 22.7 Å². The molecule has 1 aliphatic rings. The number of hydrogen-bond donors (Lipinski definition) is 0. The number of rotatable bonds is 5. The molecule has 24 heavy (non-hydrogen) atoms. The van der Waals surface area contributed by atoms with Gasteiger partial charge in [0, 0.05) is 31.1 Å². The van der Waals surface area contributed by atoms with E-state index in [-0.39, 0.29) is 11.5 Å². The van der Waals surface area contributed by atoms with Gasteiger partial charge in [0.15, 0.2) is 0 Å². The molecule has 0 bridgehead atoms. The molecule has 0 aliphatic carbocycles. The number of carbonyl (C=O) groups is 2. The van der Waals surface area contributed by atoms with Crippen LogP contribution in [0.25, 0.3) is 6.08 Å². The zero-order chi connectivity index (χ0) is 17.9. The second-order valence-electron chi connectivity index (χ2n) is 5.86. The molecular weight excluding hydrogens is 322 g/mol. The third-order valence-electron chi connectivity index (χ3n) is 3.90. The molecule has 0 spiro atoms. The number of amides is 2. The van der Waals surface area contributed by atoms with Gasteiger partial charge in [-0.3, -0.25) is 14.5 Å². The van der Waals surface area contributed by atoms with Crippen molar-refractivity contribution in [1.29, 1.82) is 5.26 Å². The molecule has 2 amide bonds. The topological polar surface area (TPSA) is 64.4 Å². The summed E-state index contributed by atoms with van der Waals surface area (Å²) >= 11 is 1.56. The Bertz CT molecular complexity index is 765. The second-order valence-corrected chi connectivity index (χ2v) is 6.95. The van der Waals surface area contributed by atoms with E-state index in [2.05, 4.69) is 0 Å². The molecule has 0 radical (unpaired) electrons. The number of anilines is 1. The van der Waals surface area contributed by atoms with Crippen LogP contribution in [-0.4, -0.2) is 37.4 Å². The highest BCUT2D eigenvalue weighted by molar-refractivity contribution is 7.16. The summed E-state index contributed by atoms with van der Waals surface area (Å²) in [5.74, 6) is -0.796. The molecular formula is C18H21N3O2S. The molecule has 1 aromatic heterocycles. The lowest BCUT2D eigenvalue weighted by molar-refractivity contribution is -0.140. The zero-order valence-corrected chi connectivity index (χ0v) is 15.2. The minimum absolute atomic E-state index is 0.0568. The average molecular weight is 343 g/mol. The fourth-order valence-corrected chi connectivity index (χ4v) is 3.32. The first-order chi connectivity index (χ1) is 11.4. The van der Waals surface area contributed by atoms with Crippen LogP contribution in [0.1, 0.15) is 31.6 Å². The Labute approximate surface area is 146 Å². The molecule has 0 saturated heterocycles. The molecule has 0 saturated carbocycles. The van der Waals surface area contributed by atoms with E-state index in [1.54, 1.807) is 24.3 Å². The van der Waals surface area contributed by atoms with E-state index < -0.39 is 5.91 Å². The fraction of sp³-hybridized carbons (Fsp3) is 0.389. The maximum absolute atomic E-state index is 12.7. The summed E-state index contributed by atoms with van der Waals surface area (Å²) in [5, 5.41) is 10.4. The summed E-state index contributed by atoms with van der Waals surface area (Å²) in [6.07, 6.45) is 3.38. The first kappa shape index (κ1) is 18.0. The molecule has 1 aliphatic heterocycles. The van der Waals surface area contributed by atoms with Gasteiger partial charge in [0.2, 0.25) is 0 Å². The summed E-state index contributed by atoms with van der Waals surface area (Å²) in [6, 6.07) is 5.88. The van der Waals surface area contributed by atoms with Gasteiger partial charge in [0.05, 0.1) is 5.00 Å². The Morgan fingerprint density at radius 1 is 1.29 bits per heavy atom. The first-order valence-electron chi connectivity index (χ1n) is 7.87. The molecule has 2 rings (SSSR count). The Morgan fingerprint density at radius 2 is 2.00 bits per heavy atom. The van der Waals surface area contributed by atoms with Crippen molar-refractivity contribution in [2.24, 2.45) is 0 Å². The number of hydrogen-bond acceptors (Lipinski definition) is 5. The van der Waals surface area contributed by atoms with Crippen LogP contribution in [0.4, 0.5) is 5.00 Å². The number of unbranched alkanes of at least 4 members (excludes halogenated alkanes) is 1. The quantitative estimate of drug-likeness (QED) is 0.608. The minimum atomic E-state index is -0.481. The largest absolute Gasteiger partial charge is 0.370 e. The molecule has 6 heteroatoms. The van der Waals surface area contributed by atoms with Gasteiger partial charge in [-0.05, 0) is 37.1 Å². The zero-order valence-electron chi connectivity index (χ0n) is 14.4. The van der Waals surface area contributed by atoms with Crippen molar-refractivity contribution in [3.8, 4) is 6.07 Å². The standard InChI is InChI=1S/C18H21N3O2S/c1-5-6-9-21-17(22)14(12(2)15(11-19)18(21)23)10-13-7-8-16(24-13)20(3)4/h7-8,10H,5-6,9H2,1-4H3/b14-10-. The smallest absolute Gasteiger partial charge is 0.271 e. The molecule has 0 fully saturated rings. The van der Waals surface area contributed by atoms with E-state index in [0.29, 0.717) is 17.7 Å². The Morgan fingerprint density at radius 3 is 2.54 bits per heavy atom. The van der Waals surface area contributed by atoms with Gasteiger partial charge >= 0.3 is 0 Å².